The van der Waals surface area contributed by atoms with E-state index in [-0.39, 0.29) is 24.5 Å². The normalized spacial score (nSPS) is 22.3. The topological polar surface area (TPSA) is 67.4 Å². The van der Waals surface area contributed by atoms with Gasteiger partial charge in [-0.25, -0.2) is 0 Å². The third-order valence-electron chi connectivity index (χ3n) is 2.58. The van der Waals surface area contributed by atoms with E-state index in [2.05, 4.69) is 10.6 Å². The molecule has 0 aliphatic carbocycles. The number of hydrogen-bond acceptors (Lipinski definition) is 3. The van der Waals surface area contributed by atoms with Gasteiger partial charge in [0.1, 0.15) is 11.8 Å². The Hall–Kier alpha value is -2.04. The predicted molar refractivity (Wildman–Crippen MR) is 61.5 cm³/mol. The first-order valence-corrected chi connectivity index (χ1v) is 5.44. The Morgan fingerprint density at radius 1 is 1.41 bits per heavy atom. The van der Waals surface area contributed by atoms with Crippen molar-refractivity contribution < 1.29 is 14.3 Å². The van der Waals surface area contributed by atoms with E-state index in [1.54, 1.807) is 12.1 Å². The molecule has 17 heavy (non-hydrogen) atoms. The van der Waals surface area contributed by atoms with Crippen LogP contribution in [0.15, 0.2) is 30.3 Å². The van der Waals surface area contributed by atoms with E-state index in [1.165, 1.54) is 0 Å². The van der Waals surface area contributed by atoms with Crippen molar-refractivity contribution in [3.8, 4) is 5.75 Å². The van der Waals surface area contributed by atoms with Gasteiger partial charge in [-0.3, -0.25) is 9.59 Å². The van der Waals surface area contributed by atoms with Crippen molar-refractivity contribution in [2.24, 2.45) is 0 Å². The number of β-lactam (4-membered cyclic amide) rings is 1. The van der Waals surface area contributed by atoms with E-state index < -0.39 is 6.04 Å². The van der Waals surface area contributed by atoms with Gasteiger partial charge in [0.05, 0.1) is 6.04 Å². The molecular formula is C12H14N2O3. The zero-order valence-corrected chi connectivity index (χ0v) is 9.47. The number of amides is 2. The summed E-state index contributed by atoms with van der Waals surface area (Å²) in [4.78, 5) is 22.6. The molecule has 1 aromatic carbocycles. The highest BCUT2D eigenvalue weighted by Gasteiger charge is 2.36. The number of rotatable bonds is 4. The highest BCUT2D eigenvalue weighted by Crippen LogP contribution is 2.08. The van der Waals surface area contributed by atoms with Crippen molar-refractivity contribution in [1.82, 2.24) is 10.6 Å². The molecule has 5 nitrogen and oxygen atoms in total. The van der Waals surface area contributed by atoms with Gasteiger partial charge in [-0.05, 0) is 19.1 Å². The Morgan fingerprint density at radius 3 is 2.71 bits per heavy atom. The van der Waals surface area contributed by atoms with Crippen molar-refractivity contribution in [1.29, 1.82) is 0 Å². The maximum atomic E-state index is 11.5. The van der Waals surface area contributed by atoms with E-state index >= 15 is 0 Å². The van der Waals surface area contributed by atoms with E-state index in [1.807, 2.05) is 25.1 Å². The van der Waals surface area contributed by atoms with Crippen LogP contribution in [-0.2, 0) is 9.59 Å². The molecule has 0 bridgehead atoms. The molecule has 1 fully saturated rings. The Bertz CT molecular complexity index is 419. The third kappa shape index (κ3) is 2.75. The standard InChI is InChI=1S/C12H14N2O3/c1-8-11(12(16)13-8)14-10(15)7-17-9-5-3-2-4-6-9/h2-6,8,11H,7H2,1H3,(H,13,16)(H,14,15). The summed E-state index contributed by atoms with van der Waals surface area (Å²) in [6.45, 7) is 1.75. The summed E-state index contributed by atoms with van der Waals surface area (Å²) < 4.78 is 5.26. The molecule has 1 aliphatic rings. The average molecular weight is 234 g/mol. The molecule has 0 saturated carbocycles. The van der Waals surface area contributed by atoms with Crippen LogP contribution in [0.4, 0.5) is 0 Å². The molecule has 0 radical (unpaired) electrons. The minimum atomic E-state index is -0.429. The second kappa shape index (κ2) is 4.86. The monoisotopic (exact) mass is 234 g/mol. The maximum Gasteiger partial charge on any atom is 0.258 e. The van der Waals surface area contributed by atoms with Crippen LogP contribution in [0, 0.1) is 0 Å². The number of carbonyl (C=O) groups is 2. The second-order valence-electron chi connectivity index (χ2n) is 3.94. The average Bonchev–Trinajstić information content (AvgIpc) is 2.35. The smallest absolute Gasteiger partial charge is 0.258 e. The van der Waals surface area contributed by atoms with Gasteiger partial charge in [-0.2, -0.15) is 0 Å². The van der Waals surface area contributed by atoms with Crippen LogP contribution in [-0.4, -0.2) is 30.5 Å². The summed E-state index contributed by atoms with van der Waals surface area (Å²) in [5, 5.41) is 5.25. The minimum absolute atomic E-state index is 0.0109. The molecular weight excluding hydrogens is 220 g/mol. The first kappa shape index (κ1) is 11.4. The van der Waals surface area contributed by atoms with Crippen molar-refractivity contribution >= 4 is 11.8 Å². The van der Waals surface area contributed by atoms with Gasteiger partial charge in [-0.1, -0.05) is 18.2 Å². The molecule has 0 aromatic heterocycles. The van der Waals surface area contributed by atoms with Crippen LogP contribution < -0.4 is 15.4 Å². The van der Waals surface area contributed by atoms with Crippen LogP contribution >= 0.6 is 0 Å². The SMILES string of the molecule is CC1NC(=O)C1NC(=O)COc1ccccc1. The fourth-order valence-corrected chi connectivity index (χ4v) is 1.60. The predicted octanol–water partition coefficient (Wildman–Crippen LogP) is 0.0685. The van der Waals surface area contributed by atoms with Crippen LogP contribution in [0.25, 0.3) is 0 Å². The Morgan fingerprint density at radius 2 is 2.12 bits per heavy atom. The summed E-state index contributed by atoms with van der Waals surface area (Å²) in [6, 6.07) is 8.62. The second-order valence-corrected chi connectivity index (χ2v) is 3.94. The highest BCUT2D eigenvalue weighted by atomic mass is 16.5. The summed E-state index contributed by atoms with van der Waals surface area (Å²) in [5.41, 5.74) is 0. The van der Waals surface area contributed by atoms with Crippen LogP contribution in [0.3, 0.4) is 0 Å². The highest BCUT2D eigenvalue weighted by molar-refractivity contribution is 5.93. The fourth-order valence-electron chi connectivity index (χ4n) is 1.60. The Labute approximate surface area is 99.2 Å². The zero-order chi connectivity index (χ0) is 12.3. The number of para-hydroxylation sites is 1. The molecule has 2 rings (SSSR count). The third-order valence-corrected chi connectivity index (χ3v) is 2.58. The van der Waals surface area contributed by atoms with Gasteiger partial charge in [0.15, 0.2) is 6.61 Å². The van der Waals surface area contributed by atoms with E-state index in [0.717, 1.165) is 0 Å². The molecule has 2 atom stereocenters. The van der Waals surface area contributed by atoms with Gasteiger partial charge in [0.25, 0.3) is 5.91 Å². The summed E-state index contributed by atoms with van der Waals surface area (Å²) >= 11 is 0. The lowest BCUT2D eigenvalue weighted by Gasteiger charge is -2.34. The lowest BCUT2D eigenvalue weighted by Crippen LogP contribution is -2.68. The van der Waals surface area contributed by atoms with Crippen molar-refractivity contribution in [2.45, 2.75) is 19.0 Å². The van der Waals surface area contributed by atoms with Gasteiger partial charge < -0.3 is 15.4 Å². The van der Waals surface area contributed by atoms with Crippen molar-refractivity contribution in [3.63, 3.8) is 0 Å². The Kier molecular flexibility index (Phi) is 3.27. The van der Waals surface area contributed by atoms with Gasteiger partial charge >= 0.3 is 0 Å². The van der Waals surface area contributed by atoms with E-state index in [0.29, 0.717) is 5.75 Å². The zero-order valence-electron chi connectivity index (χ0n) is 9.47. The van der Waals surface area contributed by atoms with Crippen LogP contribution in [0.5, 0.6) is 5.75 Å². The summed E-state index contributed by atoms with van der Waals surface area (Å²) in [5.74, 6) is 0.194. The molecule has 5 heteroatoms. The minimum Gasteiger partial charge on any atom is -0.484 e. The van der Waals surface area contributed by atoms with Gasteiger partial charge in [0.2, 0.25) is 5.91 Å². The summed E-state index contributed by atoms with van der Waals surface area (Å²) in [7, 11) is 0. The molecule has 0 spiro atoms. The number of carbonyl (C=O) groups excluding carboxylic acids is 2. The molecule has 90 valence electrons. The van der Waals surface area contributed by atoms with Crippen LogP contribution in [0.1, 0.15) is 6.92 Å². The molecule has 1 aliphatic heterocycles. The van der Waals surface area contributed by atoms with Gasteiger partial charge in [0, 0.05) is 0 Å². The van der Waals surface area contributed by atoms with E-state index in [4.69, 9.17) is 4.74 Å². The van der Waals surface area contributed by atoms with Crippen molar-refractivity contribution in [2.75, 3.05) is 6.61 Å². The lowest BCUT2D eigenvalue weighted by molar-refractivity contribution is -0.136. The molecule has 2 unspecified atom stereocenters. The number of nitrogens with one attached hydrogen (secondary N) is 2. The number of ether oxygens (including phenoxy) is 1. The maximum absolute atomic E-state index is 11.5. The van der Waals surface area contributed by atoms with Crippen molar-refractivity contribution in [3.05, 3.63) is 30.3 Å². The number of hydrogen-bond donors (Lipinski definition) is 2. The first-order chi connectivity index (χ1) is 8.16. The van der Waals surface area contributed by atoms with Gasteiger partial charge in [-0.15, -0.1) is 0 Å². The number of benzene rings is 1. The Balaban J connectivity index is 1.76. The first-order valence-electron chi connectivity index (χ1n) is 5.44. The summed E-state index contributed by atoms with van der Waals surface area (Å²) in [6.07, 6.45) is 0. The molecule has 2 N–H and O–H groups in total. The molecule has 1 heterocycles. The fraction of sp³-hybridized carbons (Fsp3) is 0.333. The van der Waals surface area contributed by atoms with E-state index in [9.17, 15) is 9.59 Å². The molecule has 2 amide bonds. The quantitative estimate of drug-likeness (QED) is 0.724. The van der Waals surface area contributed by atoms with Crippen LogP contribution in [0.2, 0.25) is 0 Å². The lowest BCUT2D eigenvalue weighted by atomic mass is 10.0. The molecule has 1 saturated heterocycles. The molecule has 1 aromatic rings. The largest absolute Gasteiger partial charge is 0.484 e.